The predicted molar refractivity (Wildman–Crippen MR) is 120 cm³/mol. The Balaban J connectivity index is 0.000000968. The maximum absolute atomic E-state index is 12.8. The molecule has 2 heterocycles. The summed E-state index contributed by atoms with van der Waals surface area (Å²) in [5.74, 6) is 1.66. The average molecular weight is 451 g/mol. The van der Waals surface area contributed by atoms with Gasteiger partial charge in [-0.15, -0.1) is 0 Å². The first-order valence-corrected chi connectivity index (χ1v) is 10.2. The van der Waals surface area contributed by atoms with E-state index in [0.29, 0.717) is 41.7 Å². The first-order chi connectivity index (χ1) is 15.7. The molecule has 0 saturated carbocycles. The summed E-state index contributed by atoms with van der Waals surface area (Å²) in [5, 5.41) is 3.79. The number of aromatic nitrogens is 1. The number of benzene rings is 2. The fraction of sp³-hybridized carbons (Fsp3) is 0.292. The monoisotopic (exact) mass is 451 g/mol. The quantitative estimate of drug-likeness (QED) is 0.606. The lowest BCUT2D eigenvalue weighted by atomic mass is 10.1. The number of nitrogen functional groups attached to an aromatic ring is 1. The molecule has 0 saturated heterocycles. The van der Waals surface area contributed by atoms with Crippen molar-refractivity contribution in [2.75, 3.05) is 25.6 Å². The highest BCUT2D eigenvalue weighted by atomic mass is 16.6. The normalized spacial score (nSPS) is 12.2. The largest absolute Gasteiger partial charge is 0.490 e. The minimum absolute atomic E-state index is 0.213. The number of rotatable bonds is 5. The van der Waals surface area contributed by atoms with Crippen molar-refractivity contribution >= 4 is 28.6 Å². The standard InChI is InChI=1S/C23H25N3O4.CO2/c1-14-11-16(24)21-17(25-14)5-4-6-19(21)30-13-23(2,3)26-22(27)15-7-8-18-20(12-15)29-10-9-28-18;2-1-3/h4-8,11-12H,9-10,13H2,1-3H3,(H2,24,25)(H,26,27);. The molecule has 3 aromatic rings. The van der Waals surface area contributed by atoms with Crippen LogP contribution in [0.1, 0.15) is 29.9 Å². The van der Waals surface area contributed by atoms with Gasteiger partial charge in [0.2, 0.25) is 0 Å². The van der Waals surface area contributed by atoms with Crippen LogP contribution >= 0.6 is 0 Å². The van der Waals surface area contributed by atoms with Crippen molar-refractivity contribution in [2.24, 2.45) is 0 Å². The molecule has 4 rings (SSSR count). The Morgan fingerprint density at radius 3 is 2.58 bits per heavy atom. The van der Waals surface area contributed by atoms with Gasteiger partial charge in [-0.2, -0.15) is 9.59 Å². The molecule has 0 aliphatic carbocycles. The van der Waals surface area contributed by atoms with Crippen LogP contribution in [0, 0.1) is 6.92 Å². The summed E-state index contributed by atoms with van der Waals surface area (Å²) in [6.45, 7) is 6.95. The van der Waals surface area contributed by atoms with Crippen molar-refractivity contribution in [1.82, 2.24) is 10.3 Å². The summed E-state index contributed by atoms with van der Waals surface area (Å²) in [4.78, 5) is 33.5. The Labute approximate surface area is 190 Å². The van der Waals surface area contributed by atoms with Crippen LogP contribution in [0.4, 0.5) is 5.69 Å². The maximum Gasteiger partial charge on any atom is 0.373 e. The van der Waals surface area contributed by atoms with Crippen molar-refractivity contribution in [3.63, 3.8) is 0 Å². The Kier molecular flexibility index (Phi) is 7.15. The first-order valence-electron chi connectivity index (χ1n) is 10.2. The van der Waals surface area contributed by atoms with Gasteiger partial charge in [-0.25, -0.2) is 0 Å². The number of nitrogens with zero attached hydrogens (tertiary/aromatic N) is 1. The molecule has 33 heavy (non-hydrogen) atoms. The van der Waals surface area contributed by atoms with E-state index in [1.54, 1.807) is 18.2 Å². The van der Waals surface area contributed by atoms with E-state index in [1.165, 1.54) is 0 Å². The third-order valence-electron chi connectivity index (χ3n) is 4.80. The van der Waals surface area contributed by atoms with Gasteiger partial charge in [0.25, 0.3) is 5.91 Å². The van der Waals surface area contributed by atoms with Crippen LogP contribution in [0.25, 0.3) is 10.9 Å². The van der Waals surface area contributed by atoms with Gasteiger partial charge in [0.15, 0.2) is 11.5 Å². The summed E-state index contributed by atoms with van der Waals surface area (Å²) in [6, 6.07) is 12.6. The van der Waals surface area contributed by atoms with Crippen LogP contribution < -0.4 is 25.3 Å². The molecule has 1 aliphatic heterocycles. The van der Waals surface area contributed by atoms with Crippen molar-refractivity contribution in [2.45, 2.75) is 26.3 Å². The van der Waals surface area contributed by atoms with E-state index in [2.05, 4.69) is 10.3 Å². The van der Waals surface area contributed by atoms with Crippen molar-refractivity contribution < 1.29 is 28.6 Å². The van der Waals surface area contributed by atoms with Crippen LogP contribution in [0.15, 0.2) is 42.5 Å². The highest BCUT2D eigenvalue weighted by molar-refractivity contribution is 5.96. The summed E-state index contributed by atoms with van der Waals surface area (Å²) in [5.41, 5.74) is 8.32. The number of hydrogen-bond acceptors (Lipinski definition) is 8. The van der Waals surface area contributed by atoms with E-state index in [4.69, 9.17) is 29.5 Å². The van der Waals surface area contributed by atoms with E-state index >= 15 is 0 Å². The Bertz CT molecular complexity index is 1200. The minimum atomic E-state index is -0.626. The second kappa shape index (κ2) is 10.0. The molecule has 0 bridgehead atoms. The Morgan fingerprint density at radius 2 is 1.85 bits per heavy atom. The number of fused-ring (bicyclic) bond motifs is 2. The van der Waals surface area contributed by atoms with Gasteiger partial charge in [0.1, 0.15) is 25.6 Å². The number of pyridine rings is 1. The predicted octanol–water partition coefficient (Wildman–Crippen LogP) is 2.90. The molecule has 0 fully saturated rings. The van der Waals surface area contributed by atoms with Crippen molar-refractivity contribution in [3.05, 3.63) is 53.7 Å². The number of nitrogens with one attached hydrogen (secondary N) is 1. The zero-order valence-electron chi connectivity index (χ0n) is 18.6. The lowest BCUT2D eigenvalue weighted by Crippen LogP contribution is -2.47. The molecule has 1 amide bonds. The molecule has 1 aromatic heterocycles. The van der Waals surface area contributed by atoms with Crippen LogP contribution in [-0.4, -0.2) is 42.4 Å². The van der Waals surface area contributed by atoms with E-state index in [1.807, 2.05) is 45.0 Å². The van der Waals surface area contributed by atoms with E-state index < -0.39 is 5.54 Å². The Morgan fingerprint density at radius 1 is 1.15 bits per heavy atom. The van der Waals surface area contributed by atoms with Gasteiger partial charge in [-0.05, 0) is 57.2 Å². The molecule has 1 aliphatic rings. The lowest BCUT2D eigenvalue weighted by molar-refractivity contribution is -0.191. The van der Waals surface area contributed by atoms with Gasteiger partial charge in [0.05, 0.1) is 16.4 Å². The molecule has 3 N–H and O–H groups in total. The summed E-state index contributed by atoms with van der Waals surface area (Å²) in [6.07, 6.45) is 0.250. The molecule has 0 spiro atoms. The number of anilines is 1. The van der Waals surface area contributed by atoms with Crippen molar-refractivity contribution in [1.29, 1.82) is 0 Å². The number of nitrogens with two attached hydrogens (primary N) is 1. The number of carbonyl (C=O) groups is 1. The maximum atomic E-state index is 12.8. The van der Waals surface area contributed by atoms with Crippen LogP contribution in [0.3, 0.4) is 0 Å². The zero-order chi connectivity index (χ0) is 24.0. The third kappa shape index (κ3) is 5.78. The van der Waals surface area contributed by atoms with Gasteiger partial charge in [0, 0.05) is 16.9 Å². The van der Waals surface area contributed by atoms with Crippen LogP contribution in [0.2, 0.25) is 0 Å². The highest BCUT2D eigenvalue weighted by Crippen LogP contribution is 2.32. The van der Waals surface area contributed by atoms with Gasteiger partial charge in [-0.3, -0.25) is 9.78 Å². The number of amides is 1. The Hall–Kier alpha value is -4.10. The minimum Gasteiger partial charge on any atom is -0.490 e. The van der Waals surface area contributed by atoms with Crippen LogP contribution in [0.5, 0.6) is 17.2 Å². The number of aryl methyl sites for hydroxylation is 1. The lowest BCUT2D eigenvalue weighted by Gasteiger charge is -2.27. The molecular weight excluding hydrogens is 426 g/mol. The van der Waals surface area contributed by atoms with Crippen LogP contribution in [-0.2, 0) is 9.59 Å². The average Bonchev–Trinajstić information content (AvgIpc) is 2.77. The second-order valence-corrected chi connectivity index (χ2v) is 8.07. The number of carbonyl (C=O) groups excluding carboxylic acids is 3. The summed E-state index contributed by atoms with van der Waals surface area (Å²) < 4.78 is 17.1. The fourth-order valence-corrected chi connectivity index (χ4v) is 3.40. The summed E-state index contributed by atoms with van der Waals surface area (Å²) in [7, 11) is 0. The summed E-state index contributed by atoms with van der Waals surface area (Å²) >= 11 is 0. The topological polar surface area (TPSA) is 130 Å². The highest BCUT2D eigenvalue weighted by Gasteiger charge is 2.24. The van der Waals surface area contributed by atoms with E-state index in [0.717, 1.165) is 16.6 Å². The van der Waals surface area contributed by atoms with Gasteiger partial charge >= 0.3 is 6.15 Å². The number of ether oxygens (including phenoxy) is 3. The smallest absolute Gasteiger partial charge is 0.373 e. The molecule has 9 heteroatoms. The van der Waals surface area contributed by atoms with Gasteiger partial charge < -0.3 is 25.3 Å². The van der Waals surface area contributed by atoms with Gasteiger partial charge in [-0.1, -0.05) is 6.07 Å². The first kappa shape index (κ1) is 23.6. The molecule has 0 unspecified atom stereocenters. The zero-order valence-corrected chi connectivity index (χ0v) is 18.6. The SMILES string of the molecule is Cc1cc(N)c2c(OCC(C)(C)NC(=O)c3ccc4c(c3)OCCO4)cccc2n1.O=C=O. The molecule has 0 radical (unpaired) electrons. The molecule has 0 atom stereocenters. The molecule has 2 aromatic carbocycles. The molecule has 172 valence electrons. The van der Waals surface area contributed by atoms with E-state index in [-0.39, 0.29) is 18.7 Å². The molecule has 9 nitrogen and oxygen atoms in total. The fourth-order valence-electron chi connectivity index (χ4n) is 3.40. The van der Waals surface area contributed by atoms with E-state index in [9.17, 15) is 4.79 Å². The number of hydrogen-bond donors (Lipinski definition) is 2. The van der Waals surface area contributed by atoms with Crippen molar-refractivity contribution in [3.8, 4) is 17.2 Å². The second-order valence-electron chi connectivity index (χ2n) is 8.07. The molecular formula is C24H25N3O6. The third-order valence-corrected chi connectivity index (χ3v) is 4.80.